The van der Waals surface area contributed by atoms with Crippen molar-refractivity contribution in [3.63, 3.8) is 0 Å². The van der Waals surface area contributed by atoms with Gasteiger partial charge in [-0.25, -0.2) is 8.42 Å². The first-order chi connectivity index (χ1) is 9.25. The van der Waals surface area contributed by atoms with Crippen LogP contribution in [0.1, 0.15) is 32.5 Å². The highest BCUT2D eigenvalue weighted by molar-refractivity contribution is 7.98. The van der Waals surface area contributed by atoms with Crippen LogP contribution in [0.25, 0.3) is 0 Å². The van der Waals surface area contributed by atoms with Gasteiger partial charge in [-0.1, -0.05) is 0 Å². The number of hydrogen-bond acceptors (Lipinski definition) is 4. The molecule has 0 bridgehead atoms. The van der Waals surface area contributed by atoms with Gasteiger partial charge in [0.2, 0.25) is 10.0 Å². The zero-order valence-corrected chi connectivity index (χ0v) is 14.3. The second-order valence-corrected chi connectivity index (χ2v) is 8.06. The first kappa shape index (κ1) is 17.6. The predicted octanol–water partition coefficient (Wildman–Crippen LogP) is 1.93. The van der Waals surface area contributed by atoms with Crippen LogP contribution in [0.2, 0.25) is 0 Å². The molecule has 0 amide bonds. The van der Waals surface area contributed by atoms with Crippen molar-refractivity contribution in [1.29, 1.82) is 0 Å². The first-order valence-corrected chi connectivity index (χ1v) is 9.37. The van der Waals surface area contributed by atoms with Gasteiger partial charge in [0, 0.05) is 36.8 Å². The molecule has 0 spiro atoms. The van der Waals surface area contributed by atoms with Crippen LogP contribution in [0.3, 0.4) is 0 Å². The van der Waals surface area contributed by atoms with E-state index in [0.717, 1.165) is 5.75 Å². The van der Waals surface area contributed by atoms with E-state index >= 15 is 0 Å². The molecule has 7 heteroatoms. The Morgan fingerprint density at radius 3 is 2.40 bits per heavy atom. The topological polar surface area (TPSA) is 62.5 Å². The zero-order valence-electron chi connectivity index (χ0n) is 12.7. The van der Waals surface area contributed by atoms with E-state index in [0.29, 0.717) is 5.69 Å². The minimum Gasteiger partial charge on any atom is -0.390 e. The van der Waals surface area contributed by atoms with Crippen LogP contribution >= 0.6 is 11.8 Å². The molecule has 0 aliphatic carbocycles. The molecular formula is C13H24N2O3S2. The molecule has 1 aromatic rings. The summed E-state index contributed by atoms with van der Waals surface area (Å²) in [6.45, 7) is 5.63. The van der Waals surface area contributed by atoms with Crippen LogP contribution in [-0.4, -0.2) is 47.5 Å². The fourth-order valence-corrected chi connectivity index (χ4v) is 4.21. The Bertz CT molecular complexity index is 538. The third-order valence-electron chi connectivity index (χ3n) is 3.33. The van der Waals surface area contributed by atoms with E-state index in [2.05, 4.69) is 0 Å². The number of sulfonamides is 1. The zero-order chi connectivity index (χ0) is 15.5. The summed E-state index contributed by atoms with van der Waals surface area (Å²) in [5, 5.41) is 9.35. The second kappa shape index (κ2) is 6.98. The van der Waals surface area contributed by atoms with E-state index in [-0.39, 0.29) is 23.6 Å². The lowest BCUT2D eigenvalue weighted by Crippen LogP contribution is -2.36. The van der Waals surface area contributed by atoms with Gasteiger partial charge in [0.15, 0.2) is 0 Å². The van der Waals surface area contributed by atoms with Gasteiger partial charge in [0.05, 0.1) is 6.61 Å². The Kier molecular flexibility index (Phi) is 6.12. The maximum Gasteiger partial charge on any atom is 0.244 e. The van der Waals surface area contributed by atoms with E-state index in [1.807, 2.05) is 27.0 Å². The van der Waals surface area contributed by atoms with Gasteiger partial charge >= 0.3 is 0 Å². The van der Waals surface area contributed by atoms with Crippen LogP contribution in [-0.2, 0) is 16.6 Å². The van der Waals surface area contributed by atoms with E-state index in [9.17, 15) is 13.5 Å². The summed E-state index contributed by atoms with van der Waals surface area (Å²) in [5.74, 6) is 0.744. The van der Waals surface area contributed by atoms with E-state index < -0.39 is 10.0 Å². The number of rotatable bonds is 7. The Hall–Kier alpha value is -0.500. The number of aromatic nitrogens is 1. The molecule has 0 aliphatic heterocycles. The van der Waals surface area contributed by atoms with Gasteiger partial charge in [0.25, 0.3) is 0 Å². The summed E-state index contributed by atoms with van der Waals surface area (Å²) in [6.07, 6.45) is 3.56. The highest BCUT2D eigenvalue weighted by atomic mass is 32.2. The van der Waals surface area contributed by atoms with E-state index in [1.54, 1.807) is 35.6 Å². The second-order valence-electron chi connectivity index (χ2n) is 5.15. The van der Waals surface area contributed by atoms with Gasteiger partial charge in [-0.15, -0.1) is 0 Å². The molecule has 0 aromatic carbocycles. The summed E-state index contributed by atoms with van der Waals surface area (Å²) in [4.78, 5) is 0.241. The lowest BCUT2D eigenvalue weighted by molar-refractivity contribution is 0.268. The molecule has 5 nitrogen and oxygen atoms in total. The van der Waals surface area contributed by atoms with Crippen molar-refractivity contribution in [3.8, 4) is 0 Å². The molecular weight excluding hydrogens is 296 g/mol. The molecule has 1 unspecified atom stereocenters. The van der Waals surface area contributed by atoms with E-state index in [1.165, 1.54) is 4.31 Å². The normalized spacial score (nSPS) is 14.2. The maximum atomic E-state index is 12.6. The van der Waals surface area contributed by atoms with Gasteiger partial charge in [-0.3, -0.25) is 0 Å². The van der Waals surface area contributed by atoms with E-state index in [4.69, 9.17) is 0 Å². The van der Waals surface area contributed by atoms with Crippen LogP contribution in [0, 0.1) is 0 Å². The molecule has 1 rings (SSSR count). The summed E-state index contributed by atoms with van der Waals surface area (Å²) in [6, 6.07) is 1.59. The highest BCUT2D eigenvalue weighted by Crippen LogP contribution is 2.23. The minimum absolute atomic E-state index is 0.0741. The fourth-order valence-electron chi connectivity index (χ4n) is 1.99. The third-order valence-corrected chi connectivity index (χ3v) is 6.08. The van der Waals surface area contributed by atoms with Crippen molar-refractivity contribution >= 4 is 21.8 Å². The third kappa shape index (κ3) is 3.58. The number of hydrogen-bond donors (Lipinski definition) is 1. The molecule has 1 aromatic heterocycles. The molecule has 0 radical (unpaired) electrons. The van der Waals surface area contributed by atoms with Gasteiger partial charge in [-0.2, -0.15) is 16.1 Å². The lowest BCUT2D eigenvalue weighted by Gasteiger charge is -2.23. The quantitative estimate of drug-likeness (QED) is 0.834. The van der Waals surface area contributed by atoms with Gasteiger partial charge in [0.1, 0.15) is 4.90 Å². The van der Waals surface area contributed by atoms with Crippen molar-refractivity contribution in [3.05, 3.63) is 18.0 Å². The highest BCUT2D eigenvalue weighted by Gasteiger charge is 2.27. The summed E-state index contributed by atoms with van der Waals surface area (Å²) in [7, 11) is -1.92. The van der Waals surface area contributed by atoms with Crippen LogP contribution in [0.5, 0.6) is 0 Å². The molecule has 0 saturated heterocycles. The number of aliphatic hydroxyl groups excluding tert-OH is 1. The Morgan fingerprint density at radius 1 is 1.40 bits per heavy atom. The summed E-state index contributed by atoms with van der Waals surface area (Å²) < 4.78 is 28.3. The Labute approximate surface area is 126 Å². The molecule has 0 fully saturated rings. The molecule has 20 heavy (non-hydrogen) atoms. The molecule has 1 atom stereocenters. The SMILES string of the molecule is CSCC(C)N(C)S(=O)(=O)c1cc(CO)n(C(C)C)c1. The number of aliphatic hydroxyl groups is 1. The fraction of sp³-hybridized carbons (Fsp3) is 0.692. The van der Waals surface area contributed by atoms with Crippen molar-refractivity contribution in [2.45, 2.75) is 44.4 Å². The predicted molar refractivity (Wildman–Crippen MR) is 83.5 cm³/mol. The monoisotopic (exact) mass is 320 g/mol. The van der Waals surface area contributed by atoms with Crippen molar-refractivity contribution in [2.75, 3.05) is 19.1 Å². The number of thioether (sulfide) groups is 1. The molecule has 0 aliphatic rings. The molecule has 1 N–H and O–H groups in total. The summed E-state index contributed by atoms with van der Waals surface area (Å²) in [5.41, 5.74) is 0.615. The average Bonchev–Trinajstić information content (AvgIpc) is 2.82. The minimum atomic E-state index is -3.52. The average molecular weight is 320 g/mol. The van der Waals surface area contributed by atoms with Crippen LogP contribution in [0.4, 0.5) is 0 Å². The number of nitrogens with zero attached hydrogens (tertiary/aromatic N) is 2. The molecule has 0 saturated carbocycles. The van der Waals surface area contributed by atoms with Gasteiger partial charge < -0.3 is 9.67 Å². The van der Waals surface area contributed by atoms with Crippen LogP contribution < -0.4 is 0 Å². The van der Waals surface area contributed by atoms with Gasteiger partial charge in [-0.05, 0) is 33.1 Å². The van der Waals surface area contributed by atoms with Crippen LogP contribution in [0.15, 0.2) is 17.2 Å². The van der Waals surface area contributed by atoms with Crippen molar-refractivity contribution < 1.29 is 13.5 Å². The lowest BCUT2D eigenvalue weighted by atomic mass is 10.3. The molecule has 116 valence electrons. The smallest absolute Gasteiger partial charge is 0.244 e. The van der Waals surface area contributed by atoms with Crippen molar-refractivity contribution in [1.82, 2.24) is 8.87 Å². The first-order valence-electron chi connectivity index (χ1n) is 6.54. The summed E-state index contributed by atoms with van der Waals surface area (Å²) >= 11 is 1.62. The Balaban J connectivity index is 3.16. The standard InChI is InChI=1S/C13H24N2O3S2/c1-10(2)15-7-13(6-12(15)8-16)20(17,18)14(4)11(3)9-19-5/h6-7,10-11,16H,8-9H2,1-5H3. The molecule has 1 heterocycles. The maximum absolute atomic E-state index is 12.6. The van der Waals surface area contributed by atoms with Crippen molar-refractivity contribution in [2.24, 2.45) is 0 Å². The largest absolute Gasteiger partial charge is 0.390 e. The Morgan fingerprint density at radius 2 is 2.00 bits per heavy atom.